The van der Waals surface area contributed by atoms with Gasteiger partial charge in [0.15, 0.2) is 6.29 Å². The van der Waals surface area contributed by atoms with Gasteiger partial charge in [0.25, 0.3) is 0 Å². The number of hydrogen-bond donors (Lipinski definition) is 2. The van der Waals surface area contributed by atoms with E-state index >= 15 is 0 Å². The summed E-state index contributed by atoms with van der Waals surface area (Å²) in [5, 5.41) is 19.0. The minimum Gasteiger partial charge on any atom is -0.388 e. The number of hydrogen-bond acceptors (Lipinski definition) is 5. The molecule has 2 N–H and O–H groups in total. The molecule has 0 radical (unpaired) electrons. The number of methoxy groups -OCH3 is 2. The van der Waals surface area contributed by atoms with E-state index in [1.54, 1.807) is 6.92 Å². The fraction of sp³-hybridized carbons (Fsp3) is 1.00. The Balaban J connectivity index is 2.71. The van der Waals surface area contributed by atoms with Crippen LogP contribution < -0.4 is 0 Å². The van der Waals surface area contributed by atoms with Crippen LogP contribution in [0.4, 0.5) is 0 Å². The summed E-state index contributed by atoms with van der Waals surface area (Å²) >= 11 is 0. The van der Waals surface area contributed by atoms with Crippen LogP contribution in [0.2, 0.25) is 0 Å². The van der Waals surface area contributed by atoms with Crippen LogP contribution in [0, 0.1) is 0 Å². The first kappa shape index (κ1) is 10.9. The Morgan fingerprint density at radius 2 is 1.62 bits per heavy atom. The Labute approximate surface area is 77.2 Å². The minimum absolute atomic E-state index is 0.452. The van der Waals surface area contributed by atoms with E-state index in [1.165, 1.54) is 14.2 Å². The molecule has 1 aliphatic heterocycles. The van der Waals surface area contributed by atoms with E-state index in [1.807, 2.05) is 0 Å². The zero-order chi connectivity index (χ0) is 10.0. The summed E-state index contributed by atoms with van der Waals surface area (Å²) in [5.74, 6) is 0. The van der Waals surface area contributed by atoms with Crippen molar-refractivity contribution < 1.29 is 24.4 Å². The first-order valence-electron chi connectivity index (χ1n) is 4.19. The van der Waals surface area contributed by atoms with Gasteiger partial charge in [0.2, 0.25) is 0 Å². The first-order valence-corrected chi connectivity index (χ1v) is 4.19. The van der Waals surface area contributed by atoms with E-state index in [4.69, 9.17) is 14.2 Å². The third-order valence-electron chi connectivity index (χ3n) is 2.32. The number of aliphatic hydroxyl groups excluding tert-OH is 2. The molecule has 13 heavy (non-hydrogen) atoms. The lowest BCUT2D eigenvalue weighted by Gasteiger charge is -2.40. The Hall–Kier alpha value is -0.200. The Bertz CT molecular complexity index is 163. The second-order valence-corrected chi connectivity index (χ2v) is 3.12. The largest absolute Gasteiger partial charge is 0.388 e. The van der Waals surface area contributed by atoms with Gasteiger partial charge >= 0.3 is 0 Å². The summed E-state index contributed by atoms with van der Waals surface area (Å²) < 4.78 is 15.0. The van der Waals surface area contributed by atoms with Crippen molar-refractivity contribution in [3.05, 3.63) is 0 Å². The Morgan fingerprint density at radius 3 is 2.08 bits per heavy atom. The van der Waals surface area contributed by atoms with E-state index in [9.17, 15) is 10.2 Å². The molecule has 5 nitrogen and oxygen atoms in total. The van der Waals surface area contributed by atoms with Gasteiger partial charge in [-0.1, -0.05) is 0 Å². The van der Waals surface area contributed by atoms with Crippen molar-refractivity contribution in [2.75, 3.05) is 14.2 Å². The molecule has 1 rings (SSSR count). The van der Waals surface area contributed by atoms with Crippen LogP contribution in [0.3, 0.4) is 0 Å². The van der Waals surface area contributed by atoms with E-state index in [-0.39, 0.29) is 0 Å². The van der Waals surface area contributed by atoms with Crippen LogP contribution in [0.25, 0.3) is 0 Å². The highest BCUT2D eigenvalue weighted by Gasteiger charge is 2.43. The summed E-state index contributed by atoms with van der Waals surface area (Å²) in [6.07, 6.45) is -3.47. The van der Waals surface area contributed by atoms with Crippen LogP contribution in [0.1, 0.15) is 6.92 Å². The molecule has 0 aromatic carbocycles. The van der Waals surface area contributed by atoms with Crippen molar-refractivity contribution in [1.29, 1.82) is 0 Å². The molecule has 1 heterocycles. The number of rotatable bonds is 2. The van der Waals surface area contributed by atoms with Gasteiger partial charge in [0, 0.05) is 14.2 Å². The maximum atomic E-state index is 9.62. The van der Waals surface area contributed by atoms with Gasteiger partial charge in [0.05, 0.1) is 6.10 Å². The molecule has 1 aliphatic rings. The SMILES string of the molecule is CO[C@@H]1[C@@H](O)[C@H](C)OC(O)[C@@H]1OC. The summed E-state index contributed by atoms with van der Waals surface area (Å²) in [6.45, 7) is 1.67. The highest BCUT2D eigenvalue weighted by atomic mass is 16.7. The topological polar surface area (TPSA) is 68.2 Å². The van der Waals surface area contributed by atoms with Crippen molar-refractivity contribution in [1.82, 2.24) is 0 Å². The molecule has 78 valence electrons. The maximum absolute atomic E-state index is 9.62. The van der Waals surface area contributed by atoms with Gasteiger partial charge < -0.3 is 24.4 Å². The quantitative estimate of drug-likeness (QED) is 0.594. The predicted octanol–water partition coefficient (Wildman–Crippen LogP) is -0.886. The fourth-order valence-electron chi connectivity index (χ4n) is 1.53. The van der Waals surface area contributed by atoms with Crippen LogP contribution >= 0.6 is 0 Å². The smallest absolute Gasteiger partial charge is 0.184 e. The molecule has 0 aromatic rings. The molecule has 0 aliphatic carbocycles. The van der Waals surface area contributed by atoms with E-state index in [0.717, 1.165) is 0 Å². The summed E-state index contributed by atoms with van der Waals surface area (Å²) in [5.41, 5.74) is 0. The highest BCUT2D eigenvalue weighted by Crippen LogP contribution is 2.23. The average Bonchev–Trinajstić information content (AvgIpc) is 2.10. The molecule has 5 atom stereocenters. The van der Waals surface area contributed by atoms with Gasteiger partial charge in [-0.25, -0.2) is 0 Å². The summed E-state index contributed by atoms with van der Waals surface area (Å²) in [4.78, 5) is 0. The van der Waals surface area contributed by atoms with E-state index in [0.29, 0.717) is 0 Å². The highest BCUT2D eigenvalue weighted by molar-refractivity contribution is 4.88. The second kappa shape index (κ2) is 4.34. The molecule has 1 fully saturated rings. The van der Waals surface area contributed by atoms with Crippen molar-refractivity contribution in [2.24, 2.45) is 0 Å². The standard InChI is InChI=1S/C8H16O5/c1-4-5(9)6(11-2)7(12-3)8(10)13-4/h4-10H,1-3H3/t4-,5-,6+,7+,8?/m0/s1. The maximum Gasteiger partial charge on any atom is 0.184 e. The van der Waals surface area contributed by atoms with Crippen LogP contribution in [-0.2, 0) is 14.2 Å². The van der Waals surface area contributed by atoms with Crippen LogP contribution in [0.5, 0.6) is 0 Å². The van der Waals surface area contributed by atoms with Gasteiger partial charge in [-0.3, -0.25) is 0 Å². The molecule has 1 unspecified atom stereocenters. The molecule has 0 aromatic heterocycles. The monoisotopic (exact) mass is 192 g/mol. The Morgan fingerprint density at radius 1 is 1.08 bits per heavy atom. The van der Waals surface area contributed by atoms with Crippen molar-refractivity contribution >= 4 is 0 Å². The minimum atomic E-state index is -1.05. The molecule has 0 amide bonds. The number of aliphatic hydroxyl groups is 2. The molecule has 0 spiro atoms. The predicted molar refractivity (Wildman–Crippen MR) is 44.2 cm³/mol. The zero-order valence-corrected chi connectivity index (χ0v) is 8.01. The van der Waals surface area contributed by atoms with E-state index < -0.39 is 30.7 Å². The molecule has 5 heteroatoms. The van der Waals surface area contributed by atoms with Crippen LogP contribution in [-0.4, -0.2) is 55.1 Å². The lowest BCUT2D eigenvalue weighted by Crippen LogP contribution is -2.57. The third-order valence-corrected chi connectivity index (χ3v) is 2.32. The molecular weight excluding hydrogens is 176 g/mol. The normalized spacial score (nSPS) is 46.4. The van der Waals surface area contributed by atoms with Crippen LogP contribution in [0.15, 0.2) is 0 Å². The van der Waals surface area contributed by atoms with Crippen molar-refractivity contribution in [3.8, 4) is 0 Å². The van der Waals surface area contributed by atoms with Gasteiger partial charge in [0.1, 0.15) is 18.3 Å². The van der Waals surface area contributed by atoms with Crippen molar-refractivity contribution in [2.45, 2.75) is 37.6 Å². The van der Waals surface area contributed by atoms with E-state index in [2.05, 4.69) is 0 Å². The average molecular weight is 192 g/mol. The molecular formula is C8H16O5. The van der Waals surface area contributed by atoms with Gasteiger partial charge in [-0.2, -0.15) is 0 Å². The Kier molecular flexibility index (Phi) is 3.63. The second-order valence-electron chi connectivity index (χ2n) is 3.12. The zero-order valence-electron chi connectivity index (χ0n) is 8.01. The molecule has 0 bridgehead atoms. The first-order chi connectivity index (χ1) is 6.11. The molecule has 1 saturated heterocycles. The lowest BCUT2D eigenvalue weighted by molar-refractivity contribution is -0.287. The lowest BCUT2D eigenvalue weighted by atomic mass is 10.00. The third kappa shape index (κ3) is 2.00. The van der Waals surface area contributed by atoms with Crippen molar-refractivity contribution in [3.63, 3.8) is 0 Å². The van der Waals surface area contributed by atoms with Gasteiger partial charge in [-0.05, 0) is 6.92 Å². The summed E-state index contributed by atoms with van der Waals surface area (Å²) in [6, 6.07) is 0. The fourth-order valence-corrected chi connectivity index (χ4v) is 1.53. The molecule has 0 saturated carbocycles. The number of ether oxygens (including phenoxy) is 3. The van der Waals surface area contributed by atoms with Gasteiger partial charge in [-0.15, -0.1) is 0 Å². The summed E-state index contributed by atoms with van der Waals surface area (Å²) in [7, 11) is 2.90.